The first-order chi connectivity index (χ1) is 9.70. The van der Waals surface area contributed by atoms with E-state index in [2.05, 4.69) is 50.4 Å². The van der Waals surface area contributed by atoms with E-state index in [4.69, 9.17) is 4.74 Å². The average Bonchev–Trinajstić information content (AvgIpc) is 3.00. The van der Waals surface area contributed by atoms with Gasteiger partial charge in [-0.15, -0.1) is 0 Å². The standard InChI is InChI=1S/C18H29NO/c1-4-13-20-18-11-9-17(10-12-18)15(3)19-14(2)16-7-5-6-8-16/h9-12,14-16,19H,4-8,13H2,1-3H3. The maximum absolute atomic E-state index is 5.63. The van der Waals surface area contributed by atoms with Gasteiger partial charge in [-0.3, -0.25) is 0 Å². The lowest BCUT2D eigenvalue weighted by Crippen LogP contribution is -2.34. The zero-order chi connectivity index (χ0) is 14.4. The fraction of sp³-hybridized carbons (Fsp3) is 0.667. The van der Waals surface area contributed by atoms with Gasteiger partial charge in [-0.2, -0.15) is 0 Å². The minimum absolute atomic E-state index is 0.408. The molecule has 1 fully saturated rings. The highest BCUT2D eigenvalue weighted by Crippen LogP contribution is 2.29. The maximum Gasteiger partial charge on any atom is 0.119 e. The van der Waals surface area contributed by atoms with Gasteiger partial charge in [0.2, 0.25) is 0 Å². The Morgan fingerprint density at radius 2 is 1.80 bits per heavy atom. The van der Waals surface area contributed by atoms with Gasteiger partial charge in [0.15, 0.2) is 0 Å². The van der Waals surface area contributed by atoms with Crippen molar-refractivity contribution in [3.8, 4) is 5.75 Å². The zero-order valence-corrected chi connectivity index (χ0v) is 13.2. The van der Waals surface area contributed by atoms with E-state index < -0.39 is 0 Å². The molecule has 2 unspecified atom stereocenters. The molecule has 1 aromatic carbocycles. The molecule has 2 atom stereocenters. The number of hydrogen-bond acceptors (Lipinski definition) is 2. The van der Waals surface area contributed by atoms with Crippen LogP contribution in [0.15, 0.2) is 24.3 Å². The van der Waals surface area contributed by atoms with Gasteiger partial charge >= 0.3 is 0 Å². The Balaban J connectivity index is 1.86. The molecular weight excluding hydrogens is 246 g/mol. The lowest BCUT2D eigenvalue weighted by molar-refractivity contribution is 0.317. The van der Waals surface area contributed by atoms with Crippen LogP contribution >= 0.6 is 0 Å². The highest BCUT2D eigenvalue weighted by atomic mass is 16.5. The van der Waals surface area contributed by atoms with Crippen molar-refractivity contribution < 1.29 is 4.74 Å². The van der Waals surface area contributed by atoms with Gasteiger partial charge in [0, 0.05) is 12.1 Å². The van der Waals surface area contributed by atoms with Crippen LogP contribution in [-0.2, 0) is 0 Å². The van der Waals surface area contributed by atoms with Crippen molar-refractivity contribution in [3.63, 3.8) is 0 Å². The molecule has 1 saturated carbocycles. The molecule has 0 radical (unpaired) electrons. The topological polar surface area (TPSA) is 21.3 Å². The van der Waals surface area contributed by atoms with E-state index in [0.29, 0.717) is 12.1 Å². The third kappa shape index (κ3) is 4.24. The molecule has 1 aliphatic carbocycles. The Morgan fingerprint density at radius 3 is 2.40 bits per heavy atom. The molecule has 0 spiro atoms. The highest BCUT2D eigenvalue weighted by molar-refractivity contribution is 5.29. The number of nitrogens with one attached hydrogen (secondary N) is 1. The van der Waals surface area contributed by atoms with Crippen molar-refractivity contribution in [2.45, 2.75) is 65.0 Å². The second kappa shape index (κ2) is 7.68. The Kier molecular flexibility index (Phi) is 5.90. The van der Waals surface area contributed by atoms with E-state index in [9.17, 15) is 0 Å². The smallest absolute Gasteiger partial charge is 0.119 e. The molecule has 2 nitrogen and oxygen atoms in total. The number of hydrogen-bond donors (Lipinski definition) is 1. The number of rotatable bonds is 7. The summed E-state index contributed by atoms with van der Waals surface area (Å²) in [7, 11) is 0. The molecule has 0 bridgehead atoms. The predicted molar refractivity (Wildman–Crippen MR) is 85.2 cm³/mol. The summed E-state index contributed by atoms with van der Waals surface area (Å²) < 4.78 is 5.63. The first-order valence-electron chi connectivity index (χ1n) is 8.19. The third-order valence-electron chi connectivity index (χ3n) is 4.47. The molecule has 112 valence electrons. The predicted octanol–water partition coefficient (Wildman–Crippen LogP) is 4.70. The molecule has 2 heteroatoms. The Hall–Kier alpha value is -1.02. The van der Waals surface area contributed by atoms with E-state index in [1.165, 1.54) is 31.2 Å². The van der Waals surface area contributed by atoms with Crippen LogP contribution in [0.3, 0.4) is 0 Å². The summed E-state index contributed by atoms with van der Waals surface area (Å²) in [5.74, 6) is 1.84. The molecular formula is C18H29NO. The summed E-state index contributed by atoms with van der Waals surface area (Å²) in [4.78, 5) is 0. The molecule has 1 aliphatic rings. The fourth-order valence-corrected chi connectivity index (χ4v) is 3.16. The van der Waals surface area contributed by atoms with E-state index in [0.717, 1.165) is 24.7 Å². The molecule has 0 aliphatic heterocycles. The quantitative estimate of drug-likeness (QED) is 0.778. The van der Waals surface area contributed by atoms with Crippen molar-refractivity contribution in [3.05, 3.63) is 29.8 Å². The van der Waals surface area contributed by atoms with Crippen molar-refractivity contribution in [1.29, 1.82) is 0 Å². The van der Waals surface area contributed by atoms with Crippen molar-refractivity contribution in [2.24, 2.45) is 5.92 Å². The van der Waals surface area contributed by atoms with Crippen molar-refractivity contribution in [2.75, 3.05) is 6.61 Å². The molecule has 1 N–H and O–H groups in total. The lowest BCUT2D eigenvalue weighted by Gasteiger charge is -2.25. The van der Waals surface area contributed by atoms with Gasteiger partial charge < -0.3 is 10.1 Å². The summed E-state index contributed by atoms with van der Waals surface area (Å²) in [6.07, 6.45) is 6.66. The third-order valence-corrected chi connectivity index (χ3v) is 4.47. The normalized spacial score (nSPS) is 18.9. The number of ether oxygens (including phenoxy) is 1. The van der Waals surface area contributed by atoms with Crippen LogP contribution in [0.4, 0.5) is 0 Å². The van der Waals surface area contributed by atoms with Crippen LogP contribution in [0.1, 0.15) is 64.5 Å². The summed E-state index contributed by atoms with van der Waals surface area (Å²) in [5.41, 5.74) is 1.35. The zero-order valence-electron chi connectivity index (χ0n) is 13.2. The monoisotopic (exact) mass is 275 g/mol. The van der Waals surface area contributed by atoms with E-state index in [1.807, 2.05) is 0 Å². The van der Waals surface area contributed by atoms with Gasteiger partial charge in [-0.1, -0.05) is 31.9 Å². The summed E-state index contributed by atoms with van der Waals surface area (Å²) in [6, 6.07) is 9.57. The molecule has 0 saturated heterocycles. The molecule has 20 heavy (non-hydrogen) atoms. The highest BCUT2D eigenvalue weighted by Gasteiger charge is 2.22. The SMILES string of the molecule is CCCOc1ccc(C(C)NC(C)C2CCCC2)cc1. The Morgan fingerprint density at radius 1 is 1.15 bits per heavy atom. The minimum Gasteiger partial charge on any atom is -0.494 e. The van der Waals surface area contributed by atoms with E-state index in [1.54, 1.807) is 0 Å². The van der Waals surface area contributed by atoms with Crippen LogP contribution in [0.2, 0.25) is 0 Å². The molecule has 2 rings (SSSR count). The van der Waals surface area contributed by atoms with Crippen molar-refractivity contribution in [1.82, 2.24) is 5.32 Å². The summed E-state index contributed by atoms with van der Waals surface area (Å²) >= 11 is 0. The van der Waals surface area contributed by atoms with Gasteiger partial charge in [0.05, 0.1) is 6.61 Å². The maximum atomic E-state index is 5.63. The lowest BCUT2D eigenvalue weighted by atomic mass is 9.98. The molecule has 0 amide bonds. The van der Waals surface area contributed by atoms with Crippen LogP contribution in [-0.4, -0.2) is 12.6 Å². The minimum atomic E-state index is 0.408. The summed E-state index contributed by atoms with van der Waals surface area (Å²) in [6.45, 7) is 7.52. The van der Waals surface area contributed by atoms with Gasteiger partial charge in [0.25, 0.3) is 0 Å². The molecule has 1 aromatic rings. The summed E-state index contributed by atoms with van der Waals surface area (Å²) in [5, 5.41) is 3.76. The van der Waals surface area contributed by atoms with Crippen LogP contribution < -0.4 is 10.1 Å². The van der Waals surface area contributed by atoms with E-state index in [-0.39, 0.29) is 0 Å². The second-order valence-electron chi connectivity index (χ2n) is 6.14. The first-order valence-corrected chi connectivity index (χ1v) is 8.19. The molecule has 0 heterocycles. The van der Waals surface area contributed by atoms with Gasteiger partial charge in [-0.05, 0) is 56.7 Å². The fourth-order valence-electron chi connectivity index (χ4n) is 3.16. The Bertz CT molecular complexity index is 381. The van der Waals surface area contributed by atoms with Gasteiger partial charge in [0.1, 0.15) is 5.75 Å². The second-order valence-corrected chi connectivity index (χ2v) is 6.14. The average molecular weight is 275 g/mol. The van der Waals surface area contributed by atoms with Crippen LogP contribution in [0.5, 0.6) is 5.75 Å². The van der Waals surface area contributed by atoms with Gasteiger partial charge in [-0.25, -0.2) is 0 Å². The first kappa shape index (κ1) is 15.4. The van der Waals surface area contributed by atoms with Crippen LogP contribution in [0.25, 0.3) is 0 Å². The number of benzene rings is 1. The molecule has 0 aromatic heterocycles. The van der Waals surface area contributed by atoms with Crippen LogP contribution in [0, 0.1) is 5.92 Å². The van der Waals surface area contributed by atoms with Crippen molar-refractivity contribution >= 4 is 0 Å². The van der Waals surface area contributed by atoms with E-state index >= 15 is 0 Å². The largest absolute Gasteiger partial charge is 0.494 e. The Labute approximate surface area is 123 Å².